The number of nitro groups is 1. The van der Waals surface area contributed by atoms with E-state index in [1.165, 1.54) is 19.2 Å². The van der Waals surface area contributed by atoms with Gasteiger partial charge in [0, 0.05) is 29.4 Å². The topological polar surface area (TPSA) is 122 Å². The van der Waals surface area contributed by atoms with Crippen molar-refractivity contribution >= 4 is 34.8 Å². The molecule has 36 heavy (non-hydrogen) atoms. The summed E-state index contributed by atoms with van der Waals surface area (Å²) in [5, 5.41) is 14.5. The minimum atomic E-state index is -1.26. The molecule has 1 spiro atoms. The number of nitrogens with one attached hydrogen (secondary N) is 1. The molecule has 0 aromatic heterocycles. The lowest BCUT2D eigenvalue weighted by Gasteiger charge is -2.37. The summed E-state index contributed by atoms with van der Waals surface area (Å²) < 4.78 is 5.21. The number of carbonyl (C=O) groups excluding carboxylic acids is 3. The van der Waals surface area contributed by atoms with Gasteiger partial charge < -0.3 is 10.1 Å². The first kappa shape index (κ1) is 22.7. The fraction of sp³-hybridized carbons (Fsp3) is 0.423. The highest BCUT2D eigenvalue weighted by molar-refractivity contribution is 6.26. The molecule has 0 saturated carbocycles. The van der Waals surface area contributed by atoms with Crippen LogP contribution in [0.2, 0.25) is 0 Å². The van der Waals surface area contributed by atoms with Crippen LogP contribution < -0.4 is 15.0 Å². The number of carbonyl (C=O) groups is 3. The molecule has 3 saturated heterocycles. The van der Waals surface area contributed by atoms with Crippen molar-refractivity contribution in [2.45, 2.75) is 44.7 Å². The summed E-state index contributed by atoms with van der Waals surface area (Å²) >= 11 is 0. The monoisotopic (exact) mass is 490 g/mol. The molecule has 0 bridgehead atoms. The van der Waals surface area contributed by atoms with Gasteiger partial charge in [-0.2, -0.15) is 0 Å². The SMILES string of the molecule is CCc1ccc2c(c1)[C@@]1(C(=O)N2)[C@H]2C(=O)N(c3cc(OC)c([N+](=O)[O-])cc3C)C(=O)[C@@H]2[C@H]2CCCN21. The lowest BCUT2D eigenvalue weighted by Crippen LogP contribution is -2.54. The van der Waals surface area contributed by atoms with Gasteiger partial charge in [-0.3, -0.25) is 29.4 Å². The standard InChI is InChI=1S/C26H26N4O6/c1-4-14-7-8-16-15(11-14)26(25(33)27-16)22-21(17-6-5-9-28(17)26)23(31)29(24(22)32)18-12-20(36-3)19(30(34)35)10-13(18)2/h7-8,10-12,17,21-22H,4-6,9H2,1-3H3,(H,27,33)/t17-,21-,22-,26+/m1/s1. The van der Waals surface area contributed by atoms with Gasteiger partial charge in [-0.15, -0.1) is 0 Å². The molecule has 0 aliphatic carbocycles. The summed E-state index contributed by atoms with van der Waals surface area (Å²) in [5.74, 6) is -2.70. The van der Waals surface area contributed by atoms with Crippen LogP contribution in [0.1, 0.15) is 36.5 Å². The van der Waals surface area contributed by atoms with E-state index in [4.69, 9.17) is 4.74 Å². The number of imide groups is 1. The van der Waals surface area contributed by atoms with Crippen LogP contribution in [0.3, 0.4) is 0 Å². The molecule has 4 aliphatic heterocycles. The van der Waals surface area contributed by atoms with Gasteiger partial charge in [0.2, 0.25) is 17.7 Å². The van der Waals surface area contributed by atoms with E-state index >= 15 is 0 Å². The number of methoxy groups -OCH3 is 1. The number of aryl methyl sites for hydroxylation is 2. The Kier molecular flexibility index (Phi) is 4.79. The smallest absolute Gasteiger partial charge is 0.311 e. The lowest BCUT2D eigenvalue weighted by molar-refractivity contribution is -0.385. The summed E-state index contributed by atoms with van der Waals surface area (Å²) in [6.07, 6.45) is 2.32. The number of anilines is 2. The molecule has 2 aromatic carbocycles. The van der Waals surface area contributed by atoms with Crippen LogP contribution >= 0.6 is 0 Å². The van der Waals surface area contributed by atoms with Crippen molar-refractivity contribution in [3.05, 3.63) is 57.1 Å². The number of amides is 3. The van der Waals surface area contributed by atoms with Crippen LogP contribution in [-0.2, 0) is 26.3 Å². The molecule has 0 radical (unpaired) electrons. The molecule has 4 heterocycles. The van der Waals surface area contributed by atoms with E-state index in [-0.39, 0.29) is 35.0 Å². The van der Waals surface area contributed by atoms with Gasteiger partial charge in [0.05, 0.1) is 29.6 Å². The quantitative estimate of drug-likeness (QED) is 0.397. The number of hydrogen-bond donors (Lipinski definition) is 1. The molecule has 4 atom stereocenters. The second-order valence-corrected chi connectivity index (χ2v) is 9.94. The van der Waals surface area contributed by atoms with E-state index in [1.807, 2.05) is 25.1 Å². The number of nitrogens with zero attached hydrogens (tertiary/aromatic N) is 3. The van der Waals surface area contributed by atoms with Gasteiger partial charge in [-0.25, -0.2) is 4.90 Å². The van der Waals surface area contributed by atoms with Crippen molar-refractivity contribution in [2.75, 3.05) is 23.9 Å². The number of benzene rings is 2. The fourth-order valence-corrected chi connectivity index (χ4v) is 6.92. The third kappa shape index (κ3) is 2.62. The minimum absolute atomic E-state index is 0.0352. The second-order valence-electron chi connectivity index (χ2n) is 9.94. The van der Waals surface area contributed by atoms with Crippen LogP contribution in [0.5, 0.6) is 5.75 Å². The van der Waals surface area contributed by atoms with Crippen molar-refractivity contribution in [1.82, 2.24) is 4.90 Å². The summed E-state index contributed by atoms with van der Waals surface area (Å²) in [7, 11) is 1.31. The third-order valence-corrected chi connectivity index (χ3v) is 8.40. The van der Waals surface area contributed by atoms with E-state index in [1.54, 1.807) is 6.92 Å². The van der Waals surface area contributed by atoms with E-state index in [2.05, 4.69) is 10.2 Å². The minimum Gasteiger partial charge on any atom is -0.490 e. The summed E-state index contributed by atoms with van der Waals surface area (Å²) in [6.45, 7) is 4.29. The maximum atomic E-state index is 14.2. The maximum absolute atomic E-state index is 14.2. The molecule has 4 aliphatic rings. The molecule has 186 valence electrons. The Bertz CT molecular complexity index is 1370. The van der Waals surface area contributed by atoms with Crippen LogP contribution in [0.15, 0.2) is 30.3 Å². The number of fused-ring (bicyclic) bond motifs is 7. The zero-order valence-corrected chi connectivity index (χ0v) is 20.2. The highest BCUT2D eigenvalue weighted by Crippen LogP contribution is 2.61. The van der Waals surface area contributed by atoms with Crippen molar-refractivity contribution in [3.8, 4) is 5.75 Å². The lowest BCUT2D eigenvalue weighted by atomic mass is 9.75. The van der Waals surface area contributed by atoms with Crippen LogP contribution in [0, 0.1) is 28.9 Å². The van der Waals surface area contributed by atoms with E-state index in [9.17, 15) is 24.5 Å². The maximum Gasteiger partial charge on any atom is 0.311 e. The molecule has 3 fully saturated rings. The molecule has 0 unspecified atom stereocenters. The Morgan fingerprint density at radius 2 is 1.97 bits per heavy atom. The van der Waals surface area contributed by atoms with Crippen LogP contribution in [-0.4, -0.2) is 47.2 Å². The van der Waals surface area contributed by atoms with Gasteiger partial charge >= 0.3 is 5.69 Å². The summed E-state index contributed by atoms with van der Waals surface area (Å²) in [5.41, 5.74) is 1.64. The molecule has 10 heteroatoms. The zero-order chi connectivity index (χ0) is 25.5. The largest absolute Gasteiger partial charge is 0.490 e. The normalized spacial score (nSPS) is 28.5. The van der Waals surface area contributed by atoms with Crippen molar-refractivity contribution < 1.29 is 24.0 Å². The fourth-order valence-electron chi connectivity index (χ4n) is 6.92. The molecule has 10 nitrogen and oxygen atoms in total. The van der Waals surface area contributed by atoms with Crippen molar-refractivity contribution in [2.24, 2.45) is 11.8 Å². The van der Waals surface area contributed by atoms with Gasteiger partial charge in [-0.1, -0.05) is 19.1 Å². The molecule has 3 amide bonds. The van der Waals surface area contributed by atoms with Crippen LogP contribution in [0.4, 0.5) is 17.1 Å². The first-order chi connectivity index (χ1) is 17.2. The van der Waals surface area contributed by atoms with Gasteiger partial charge in [0.15, 0.2) is 5.75 Å². The average molecular weight is 491 g/mol. The molecule has 6 rings (SSSR count). The predicted octanol–water partition coefficient (Wildman–Crippen LogP) is 2.91. The zero-order valence-electron chi connectivity index (χ0n) is 20.2. The van der Waals surface area contributed by atoms with Crippen molar-refractivity contribution in [3.63, 3.8) is 0 Å². The van der Waals surface area contributed by atoms with Gasteiger partial charge in [-0.05, 0) is 49.9 Å². The Hall–Kier alpha value is -3.79. The molecule has 1 N–H and O–H groups in total. The first-order valence-corrected chi connectivity index (χ1v) is 12.2. The summed E-state index contributed by atoms with van der Waals surface area (Å²) in [4.78, 5) is 56.1. The Morgan fingerprint density at radius 3 is 2.67 bits per heavy atom. The summed E-state index contributed by atoms with van der Waals surface area (Å²) in [6, 6.07) is 8.28. The van der Waals surface area contributed by atoms with Gasteiger partial charge in [0.25, 0.3) is 0 Å². The Labute approximate surface area is 207 Å². The highest BCUT2D eigenvalue weighted by Gasteiger charge is 2.74. The predicted molar refractivity (Wildman–Crippen MR) is 130 cm³/mol. The third-order valence-electron chi connectivity index (χ3n) is 8.40. The molecular formula is C26H26N4O6. The molecular weight excluding hydrogens is 464 g/mol. The van der Waals surface area contributed by atoms with E-state index in [0.717, 1.165) is 28.9 Å². The van der Waals surface area contributed by atoms with Crippen LogP contribution in [0.25, 0.3) is 0 Å². The first-order valence-electron chi connectivity index (χ1n) is 12.2. The van der Waals surface area contributed by atoms with Crippen molar-refractivity contribution in [1.29, 1.82) is 0 Å². The Morgan fingerprint density at radius 1 is 1.19 bits per heavy atom. The van der Waals surface area contributed by atoms with E-state index in [0.29, 0.717) is 24.2 Å². The number of ether oxygens (including phenoxy) is 1. The number of nitro benzene ring substituents is 1. The van der Waals surface area contributed by atoms with E-state index < -0.39 is 28.2 Å². The highest BCUT2D eigenvalue weighted by atomic mass is 16.6. The Balaban J connectivity index is 1.54. The number of rotatable bonds is 4. The van der Waals surface area contributed by atoms with Gasteiger partial charge in [0.1, 0.15) is 5.54 Å². The molecule has 2 aromatic rings. The average Bonchev–Trinajstić information content (AvgIpc) is 3.57. The number of hydrogen-bond acceptors (Lipinski definition) is 7. The second kappa shape index (κ2) is 7.60.